The van der Waals surface area contributed by atoms with Crippen LogP contribution in [-0.2, 0) is 0 Å². The van der Waals surface area contributed by atoms with E-state index in [1.54, 1.807) is 0 Å². The van der Waals surface area contributed by atoms with Crippen LogP contribution in [0.1, 0.15) is 12.8 Å². The van der Waals surface area contributed by atoms with E-state index in [2.05, 4.69) is 73.5 Å². The van der Waals surface area contributed by atoms with Crippen LogP contribution in [0.25, 0.3) is 10.9 Å². The second-order valence-corrected chi connectivity index (χ2v) is 9.42. The number of piperazine rings is 2. The number of carbonyl (C=O) groups is 1. The van der Waals surface area contributed by atoms with Gasteiger partial charge in [0, 0.05) is 81.9 Å². The molecule has 2 saturated heterocycles. The Balaban J connectivity index is 0.971. The second-order valence-electron chi connectivity index (χ2n) is 9.42. The zero-order chi connectivity index (χ0) is 23.9. The van der Waals surface area contributed by atoms with Gasteiger partial charge in [-0.25, -0.2) is 4.79 Å². The predicted octanol–water partition coefficient (Wildman–Crippen LogP) is 3.67. The van der Waals surface area contributed by atoms with Crippen molar-refractivity contribution in [3.63, 3.8) is 0 Å². The number of rotatable bonds is 7. The van der Waals surface area contributed by atoms with Crippen molar-refractivity contribution in [1.29, 1.82) is 0 Å². The van der Waals surface area contributed by atoms with Crippen LogP contribution in [0.2, 0.25) is 0 Å². The maximum absolute atomic E-state index is 12.5. The molecule has 2 amide bonds. The Morgan fingerprint density at radius 1 is 0.771 bits per heavy atom. The highest BCUT2D eigenvalue weighted by Crippen LogP contribution is 2.26. The quantitative estimate of drug-likeness (QED) is 0.532. The molecule has 2 aromatic carbocycles. The Morgan fingerprint density at radius 3 is 2.29 bits per heavy atom. The third kappa shape index (κ3) is 5.85. The number of anilines is 2. The first kappa shape index (κ1) is 23.4. The molecule has 0 bridgehead atoms. The Kier molecular flexibility index (Phi) is 7.63. The summed E-state index contributed by atoms with van der Waals surface area (Å²) >= 11 is 0. The Morgan fingerprint density at radius 2 is 1.49 bits per heavy atom. The Hall–Kier alpha value is -3.32. The zero-order valence-electron chi connectivity index (χ0n) is 20.5. The van der Waals surface area contributed by atoms with Gasteiger partial charge in [0.1, 0.15) is 0 Å². The van der Waals surface area contributed by atoms with E-state index < -0.39 is 0 Å². The monoisotopic (exact) mass is 472 g/mol. The number of nitrogens with one attached hydrogen (secondary N) is 1. The number of unbranched alkanes of at least 4 members (excludes halogenated alkanes) is 1. The molecule has 7 heteroatoms. The van der Waals surface area contributed by atoms with Gasteiger partial charge in [-0.1, -0.05) is 36.4 Å². The highest BCUT2D eigenvalue weighted by Gasteiger charge is 2.21. The first-order valence-electron chi connectivity index (χ1n) is 12.9. The van der Waals surface area contributed by atoms with Gasteiger partial charge in [0.2, 0.25) is 0 Å². The summed E-state index contributed by atoms with van der Waals surface area (Å²) in [6.07, 6.45) is 4.05. The van der Waals surface area contributed by atoms with Crippen molar-refractivity contribution in [2.24, 2.45) is 0 Å². The fourth-order valence-electron chi connectivity index (χ4n) is 5.14. The van der Waals surface area contributed by atoms with Crippen molar-refractivity contribution in [3.8, 4) is 0 Å². The standard InChI is InChI=1S/C28H36N6O/c35-28(34-22-20-32(21-23-34)24-8-2-1-3-9-24)30-13-6-7-15-31-16-18-33(19-17-31)27-12-14-29-26-11-5-4-10-25(26)27/h1-5,8-12,14H,6-7,13,15-23H2,(H,30,35). The van der Waals surface area contributed by atoms with Crippen LogP contribution in [0.5, 0.6) is 0 Å². The lowest BCUT2D eigenvalue weighted by Gasteiger charge is -2.36. The number of aromatic nitrogens is 1. The molecule has 1 N–H and O–H groups in total. The number of para-hydroxylation sites is 2. The van der Waals surface area contributed by atoms with E-state index in [1.165, 1.54) is 16.8 Å². The number of urea groups is 1. The van der Waals surface area contributed by atoms with Crippen LogP contribution in [0.4, 0.5) is 16.2 Å². The number of pyridine rings is 1. The molecule has 184 valence electrons. The molecule has 7 nitrogen and oxygen atoms in total. The third-order valence-electron chi connectivity index (χ3n) is 7.20. The predicted molar refractivity (Wildman–Crippen MR) is 143 cm³/mol. The first-order valence-corrected chi connectivity index (χ1v) is 12.9. The minimum atomic E-state index is 0.0795. The number of carbonyl (C=O) groups excluding carboxylic acids is 1. The average Bonchev–Trinajstić information content (AvgIpc) is 2.93. The number of hydrogen-bond donors (Lipinski definition) is 1. The molecular formula is C28H36N6O. The van der Waals surface area contributed by atoms with Gasteiger partial charge in [-0.2, -0.15) is 0 Å². The zero-order valence-corrected chi connectivity index (χ0v) is 20.5. The number of benzene rings is 2. The number of hydrogen-bond acceptors (Lipinski definition) is 5. The van der Waals surface area contributed by atoms with Crippen LogP contribution in [-0.4, -0.2) is 86.3 Å². The molecule has 0 saturated carbocycles. The van der Waals surface area contributed by atoms with Crippen LogP contribution < -0.4 is 15.1 Å². The summed E-state index contributed by atoms with van der Waals surface area (Å²) < 4.78 is 0. The summed E-state index contributed by atoms with van der Waals surface area (Å²) in [5, 5.41) is 4.36. The fraction of sp³-hybridized carbons (Fsp3) is 0.429. The summed E-state index contributed by atoms with van der Waals surface area (Å²) in [5.41, 5.74) is 3.60. The van der Waals surface area contributed by atoms with E-state index in [1.807, 2.05) is 23.2 Å². The van der Waals surface area contributed by atoms with Gasteiger partial charge in [-0.05, 0) is 43.7 Å². The smallest absolute Gasteiger partial charge is 0.317 e. The molecule has 35 heavy (non-hydrogen) atoms. The molecule has 3 aromatic rings. The molecule has 0 radical (unpaired) electrons. The second kappa shape index (κ2) is 11.4. The van der Waals surface area contributed by atoms with E-state index in [-0.39, 0.29) is 6.03 Å². The molecule has 2 aliphatic heterocycles. The molecule has 2 fully saturated rings. The van der Waals surface area contributed by atoms with Crippen molar-refractivity contribution in [2.75, 3.05) is 75.2 Å². The first-order chi connectivity index (χ1) is 17.3. The van der Waals surface area contributed by atoms with Crippen LogP contribution in [0, 0.1) is 0 Å². The van der Waals surface area contributed by atoms with Crippen molar-refractivity contribution < 1.29 is 4.79 Å². The summed E-state index contributed by atoms with van der Waals surface area (Å²) in [7, 11) is 0. The van der Waals surface area contributed by atoms with Gasteiger partial charge in [-0.3, -0.25) is 9.88 Å². The number of fused-ring (bicyclic) bond motifs is 1. The Bertz CT molecular complexity index is 1090. The molecule has 0 unspecified atom stereocenters. The van der Waals surface area contributed by atoms with E-state index in [9.17, 15) is 4.79 Å². The largest absolute Gasteiger partial charge is 0.368 e. The van der Waals surface area contributed by atoms with Crippen LogP contribution in [0.15, 0.2) is 66.9 Å². The highest BCUT2D eigenvalue weighted by molar-refractivity contribution is 5.91. The molecular weight excluding hydrogens is 436 g/mol. The van der Waals surface area contributed by atoms with Gasteiger partial charge in [0.15, 0.2) is 0 Å². The van der Waals surface area contributed by atoms with Gasteiger partial charge in [0.05, 0.1) is 5.52 Å². The summed E-state index contributed by atoms with van der Waals surface area (Å²) in [6, 6.07) is 21.1. The van der Waals surface area contributed by atoms with Crippen molar-refractivity contribution >= 4 is 28.3 Å². The minimum absolute atomic E-state index is 0.0795. The molecule has 0 atom stereocenters. The van der Waals surface area contributed by atoms with E-state index in [0.29, 0.717) is 0 Å². The van der Waals surface area contributed by atoms with Gasteiger partial charge in [-0.15, -0.1) is 0 Å². The van der Waals surface area contributed by atoms with Gasteiger partial charge >= 0.3 is 6.03 Å². The highest BCUT2D eigenvalue weighted by atomic mass is 16.2. The summed E-state index contributed by atoms with van der Waals surface area (Å²) in [6.45, 7) is 9.41. The average molecular weight is 473 g/mol. The maximum Gasteiger partial charge on any atom is 0.317 e. The van der Waals surface area contributed by atoms with Gasteiger partial charge in [0.25, 0.3) is 0 Å². The molecule has 0 spiro atoms. The topological polar surface area (TPSA) is 55.0 Å². The molecule has 0 aliphatic carbocycles. The molecule has 2 aliphatic rings. The van der Waals surface area contributed by atoms with Crippen molar-refractivity contribution in [1.82, 2.24) is 20.1 Å². The lowest BCUT2D eigenvalue weighted by Crippen LogP contribution is -2.52. The summed E-state index contributed by atoms with van der Waals surface area (Å²) in [5.74, 6) is 0. The van der Waals surface area contributed by atoms with E-state index in [4.69, 9.17) is 0 Å². The number of nitrogens with zero attached hydrogens (tertiary/aromatic N) is 5. The molecule has 5 rings (SSSR count). The minimum Gasteiger partial charge on any atom is -0.368 e. The molecule has 1 aromatic heterocycles. The summed E-state index contributed by atoms with van der Waals surface area (Å²) in [4.78, 5) is 26.4. The van der Waals surface area contributed by atoms with Crippen molar-refractivity contribution in [3.05, 3.63) is 66.9 Å². The lowest BCUT2D eigenvalue weighted by molar-refractivity contribution is 0.193. The SMILES string of the molecule is O=C(NCCCCN1CCN(c2ccnc3ccccc23)CC1)N1CCN(c2ccccc2)CC1. The molecule has 3 heterocycles. The van der Waals surface area contributed by atoms with E-state index >= 15 is 0 Å². The van der Waals surface area contributed by atoms with Crippen molar-refractivity contribution in [2.45, 2.75) is 12.8 Å². The normalized spacial score (nSPS) is 17.1. The lowest BCUT2D eigenvalue weighted by atomic mass is 10.1. The Labute approximate surface area is 208 Å². The maximum atomic E-state index is 12.5. The fourth-order valence-corrected chi connectivity index (χ4v) is 5.14. The van der Waals surface area contributed by atoms with E-state index in [0.717, 1.165) is 83.8 Å². The van der Waals surface area contributed by atoms with Gasteiger partial charge < -0.3 is 20.0 Å². The number of amides is 2. The third-order valence-corrected chi connectivity index (χ3v) is 7.20. The van der Waals surface area contributed by atoms with Crippen LogP contribution in [0.3, 0.4) is 0 Å². The van der Waals surface area contributed by atoms with Crippen LogP contribution >= 0.6 is 0 Å².